The molecule has 0 aromatic carbocycles. The van der Waals surface area contributed by atoms with Crippen LogP contribution in [0.15, 0.2) is 18.2 Å². The van der Waals surface area contributed by atoms with Gasteiger partial charge < -0.3 is 9.64 Å². The molecule has 2 heterocycles. The lowest BCUT2D eigenvalue weighted by molar-refractivity contribution is -0.141. The molecule has 0 radical (unpaired) electrons. The maximum Gasteiger partial charge on any atom is 0.433 e. The van der Waals surface area contributed by atoms with Crippen molar-refractivity contribution in [3.05, 3.63) is 23.9 Å². The van der Waals surface area contributed by atoms with Gasteiger partial charge in [0.15, 0.2) is 0 Å². The highest BCUT2D eigenvalue weighted by molar-refractivity contribution is 5.76. The van der Waals surface area contributed by atoms with Crippen molar-refractivity contribution in [2.45, 2.75) is 38.3 Å². The molecular formula is C17H21F3N2O2. The number of hydrogen-bond acceptors (Lipinski definition) is 3. The first-order valence-electron chi connectivity index (χ1n) is 8.36. The molecular weight excluding hydrogens is 321 g/mol. The summed E-state index contributed by atoms with van der Waals surface area (Å²) in [5, 5.41) is 0. The van der Waals surface area contributed by atoms with Crippen LogP contribution in [0.25, 0.3) is 0 Å². The van der Waals surface area contributed by atoms with E-state index in [0.29, 0.717) is 32.0 Å². The topological polar surface area (TPSA) is 42.4 Å². The van der Waals surface area contributed by atoms with Crippen LogP contribution in [0.2, 0.25) is 0 Å². The summed E-state index contributed by atoms with van der Waals surface area (Å²) in [6.07, 6.45) is 0.159. The number of pyridine rings is 1. The van der Waals surface area contributed by atoms with Crippen LogP contribution in [0.4, 0.5) is 13.2 Å². The lowest BCUT2D eigenvalue weighted by Crippen LogP contribution is -2.39. The van der Waals surface area contributed by atoms with E-state index in [-0.39, 0.29) is 17.7 Å². The van der Waals surface area contributed by atoms with Gasteiger partial charge in [0.2, 0.25) is 11.8 Å². The maximum atomic E-state index is 12.6. The zero-order valence-electron chi connectivity index (χ0n) is 13.4. The van der Waals surface area contributed by atoms with E-state index in [1.807, 2.05) is 4.90 Å². The van der Waals surface area contributed by atoms with Crippen molar-refractivity contribution >= 4 is 5.91 Å². The van der Waals surface area contributed by atoms with Crippen LogP contribution in [0.1, 0.15) is 37.8 Å². The second-order valence-electron chi connectivity index (χ2n) is 6.64. The molecule has 4 nitrogen and oxygen atoms in total. The van der Waals surface area contributed by atoms with E-state index < -0.39 is 11.9 Å². The second-order valence-corrected chi connectivity index (χ2v) is 6.64. The number of halogens is 3. The lowest BCUT2D eigenvalue weighted by Gasteiger charge is -2.32. The van der Waals surface area contributed by atoms with E-state index in [9.17, 15) is 18.0 Å². The normalized spacial score (nSPS) is 19.4. The SMILES string of the molecule is O=C(CC1CC1)N1CCC(COc2cccc(C(F)(F)F)n2)CC1. The zero-order valence-corrected chi connectivity index (χ0v) is 13.4. The number of alkyl halides is 3. The quantitative estimate of drug-likeness (QED) is 0.822. The van der Waals surface area contributed by atoms with Gasteiger partial charge in [0.25, 0.3) is 0 Å². The number of aromatic nitrogens is 1. The van der Waals surface area contributed by atoms with Gasteiger partial charge in [-0.2, -0.15) is 13.2 Å². The Labute approximate surface area is 139 Å². The molecule has 0 N–H and O–H groups in total. The van der Waals surface area contributed by atoms with E-state index in [1.54, 1.807) is 0 Å². The average Bonchev–Trinajstić information content (AvgIpc) is 3.37. The van der Waals surface area contributed by atoms with Gasteiger partial charge in [-0.3, -0.25) is 4.79 Å². The molecule has 0 bridgehead atoms. The Kier molecular flexibility index (Phi) is 4.96. The smallest absolute Gasteiger partial charge is 0.433 e. The zero-order chi connectivity index (χ0) is 17.2. The Balaban J connectivity index is 1.44. The van der Waals surface area contributed by atoms with Crippen LogP contribution in [0.5, 0.6) is 5.88 Å². The first-order chi connectivity index (χ1) is 11.4. The molecule has 2 aliphatic rings. The van der Waals surface area contributed by atoms with Gasteiger partial charge in [-0.15, -0.1) is 0 Å². The second kappa shape index (κ2) is 6.99. The largest absolute Gasteiger partial charge is 0.477 e. The summed E-state index contributed by atoms with van der Waals surface area (Å²) in [5.74, 6) is 1.06. The van der Waals surface area contributed by atoms with Crippen molar-refractivity contribution in [3.8, 4) is 5.88 Å². The fourth-order valence-corrected chi connectivity index (χ4v) is 2.90. The van der Waals surface area contributed by atoms with Crippen LogP contribution in [-0.4, -0.2) is 35.5 Å². The van der Waals surface area contributed by atoms with Gasteiger partial charge >= 0.3 is 6.18 Å². The molecule has 0 spiro atoms. The summed E-state index contributed by atoms with van der Waals surface area (Å²) in [4.78, 5) is 17.4. The van der Waals surface area contributed by atoms with Crippen LogP contribution >= 0.6 is 0 Å². The molecule has 24 heavy (non-hydrogen) atoms. The van der Waals surface area contributed by atoms with E-state index in [4.69, 9.17) is 4.74 Å². The molecule has 7 heteroatoms. The van der Waals surface area contributed by atoms with E-state index in [0.717, 1.165) is 18.9 Å². The Morgan fingerprint density at radius 2 is 1.88 bits per heavy atom. The number of amides is 1. The third-order valence-corrected chi connectivity index (χ3v) is 4.61. The summed E-state index contributed by atoms with van der Waals surface area (Å²) in [7, 11) is 0. The monoisotopic (exact) mass is 342 g/mol. The summed E-state index contributed by atoms with van der Waals surface area (Å²) < 4.78 is 43.3. The van der Waals surface area contributed by atoms with Crippen molar-refractivity contribution in [2.75, 3.05) is 19.7 Å². The molecule has 132 valence electrons. The van der Waals surface area contributed by atoms with E-state index in [2.05, 4.69) is 4.98 Å². The minimum Gasteiger partial charge on any atom is -0.477 e. The van der Waals surface area contributed by atoms with Crippen molar-refractivity contribution in [3.63, 3.8) is 0 Å². The molecule has 1 saturated heterocycles. The van der Waals surface area contributed by atoms with Crippen molar-refractivity contribution < 1.29 is 22.7 Å². The summed E-state index contributed by atoms with van der Waals surface area (Å²) in [6, 6.07) is 3.66. The van der Waals surface area contributed by atoms with Crippen LogP contribution in [-0.2, 0) is 11.0 Å². The first-order valence-corrected chi connectivity index (χ1v) is 8.36. The third kappa shape index (κ3) is 4.61. The summed E-state index contributed by atoms with van der Waals surface area (Å²) in [6.45, 7) is 1.74. The molecule has 1 aromatic heterocycles. The number of ether oxygens (including phenoxy) is 1. The molecule has 1 aliphatic carbocycles. The predicted molar refractivity (Wildman–Crippen MR) is 81.4 cm³/mol. The Morgan fingerprint density at radius 1 is 1.17 bits per heavy atom. The molecule has 0 atom stereocenters. The Hall–Kier alpha value is -1.79. The Morgan fingerprint density at radius 3 is 2.50 bits per heavy atom. The van der Waals surface area contributed by atoms with Gasteiger partial charge in [-0.25, -0.2) is 4.98 Å². The molecule has 3 rings (SSSR count). The fraction of sp³-hybridized carbons (Fsp3) is 0.647. The molecule has 1 aromatic rings. The minimum absolute atomic E-state index is 0.00272. The first kappa shape index (κ1) is 17.0. The van der Waals surface area contributed by atoms with Crippen molar-refractivity contribution in [1.29, 1.82) is 0 Å². The number of hydrogen-bond donors (Lipinski definition) is 0. The molecule has 1 amide bonds. The number of carbonyl (C=O) groups excluding carboxylic acids is 1. The van der Waals surface area contributed by atoms with E-state index >= 15 is 0 Å². The maximum absolute atomic E-state index is 12.6. The van der Waals surface area contributed by atoms with Gasteiger partial charge in [0, 0.05) is 25.6 Å². The molecule has 2 fully saturated rings. The summed E-state index contributed by atoms with van der Waals surface area (Å²) >= 11 is 0. The molecule has 0 unspecified atom stereocenters. The van der Waals surface area contributed by atoms with Gasteiger partial charge in [0.1, 0.15) is 5.69 Å². The standard InChI is InChI=1S/C17H21F3N2O2/c18-17(19,20)14-2-1-3-15(21-14)24-11-13-6-8-22(9-7-13)16(23)10-12-4-5-12/h1-3,12-13H,4-11H2. The van der Waals surface area contributed by atoms with E-state index in [1.165, 1.54) is 25.0 Å². The summed E-state index contributed by atoms with van der Waals surface area (Å²) in [5.41, 5.74) is -0.944. The molecule has 1 saturated carbocycles. The highest BCUT2D eigenvalue weighted by atomic mass is 19.4. The van der Waals surface area contributed by atoms with Crippen LogP contribution in [0, 0.1) is 11.8 Å². The Bertz CT molecular complexity index is 579. The highest BCUT2D eigenvalue weighted by Crippen LogP contribution is 2.33. The molecule has 1 aliphatic heterocycles. The average molecular weight is 342 g/mol. The third-order valence-electron chi connectivity index (χ3n) is 4.61. The number of piperidine rings is 1. The fourth-order valence-electron chi connectivity index (χ4n) is 2.90. The minimum atomic E-state index is -4.47. The van der Waals surface area contributed by atoms with Gasteiger partial charge in [0.05, 0.1) is 6.61 Å². The lowest BCUT2D eigenvalue weighted by atomic mass is 9.97. The van der Waals surface area contributed by atoms with Gasteiger partial charge in [-0.05, 0) is 43.6 Å². The van der Waals surface area contributed by atoms with Crippen LogP contribution < -0.4 is 4.74 Å². The van der Waals surface area contributed by atoms with Crippen LogP contribution in [0.3, 0.4) is 0 Å². The van der Waals surface area contributed by atoms with Crippen molar-refractivity contribution in [2.24, 2.45) is 11.8 Å². The number of likely N-dealkylation sites (tertiary alicyclic amines) is 1. The number of nitrogens with zero attached hydrogens (tertiary/aromatic N) is 2. The highest BCUT2D eigenvalue weighted by Gasteiger charge is 2.33. The number of rotatable bonds is 5. The number of carbonyl (C=O) groups is 1. The predicted octanol–water partition coefficient (Wildman–Crippen LogP) is 3.52. The van der Waals surface area contributed by atoms with Crippen molar-refractivity contribution in [1.82, 2.24) is 9.88 Å². The van der Waals surface area contributed by atoms with Gasteiger partial charge in [-0.1, -0.05) is 6.07 Å².